The van der Waals surface area contributed by atoms with E-state index in [1.165, 1.54) is 0 Å². The first-order valence-corrected chi connectivity index (χ1v) is 3.18. The van der Waals surface area contributed by atoms with Crippen molar-refractivity contribution in [2.24, 2.45) is 5.92 Å². The highest BCUT2D eigenvalue weighted by molar-refractivity contribution is 4.85. The van der Waals surface area contributed by atoms with Gasteiger partial charge in [0.15, 0.2) is 6.29 Å². The van der Waals surface area contributed by atoms with Gasteiger partial charge < -0.3 is 9.47 Å². The highest BCUT2D eigenvalue weighted by Gasteiger charge is 2.13. The molecule has 0 spiro atoms. The Balaban J connectivity index is 2.38. The molecule has 1 aliphatic heterocycles. The fourth-order valence-electron chi connectivity index (χ4n) is 0.857. The Bertz CT molecular complexity index is 109. The van der Waals surface area contributed by atoms with Gasteiger partial charge in [-0.25, -0.2) is 0 Å². The van der Waals surface area contributed by atoms with Crippen LogP contribution in [0.1, 0.15) is 13.3 Å². The first-order valence-electron chi connectivity index (χ1n) is 3.18. The van der Waals surface area contributed by atoms with Crippen molar-refractivity contribution < 1.29 is 9.47 Å². The molecule has 0 aromatic rings. The Morgan fingerprint density at radius 1 is 1.67 bits per heavy atom. The number of rotatable bonds is 1. The minimum atomic E-state index is -0.0231. The van der Waals surface area contributed by atoms with Crippen molar-refractivity contribution in [1.82, 2.24) is 0 Å². The van der Waals surface area contributed by atoms with Crippen LogP contribution in [-0.2, 0) is 9.47 Å². The van der Waals surface area contributed by atoms with Crippen LogP contribution in [0.3, 0.4) is 0 Å². The smallest absolute Gasteiger partial charge is 0.199 e. The summed E-state index contributed by atoms with van der Waals surface area (Å²) in [6.45, 7) is 2.14. The van der Waals surface area contributed by atoms with Gasteiger partial charge in [-0.05, 0) is 12.0 Å². The summed E-state index contributed by atoms with van der Waals surface area (Å²) in [7, 11) is 1.66. The third-order valence-electron chi connectivity index (χ3n) is 1.46. The average Bonchev–Trinajstić information content (AvgIpc) is 1.88. The van der Waals surface area contributed by atoms with E-state index in [4.69, 9.17) is 9.47 Å². The summed E-state index contributed by atoms with van der Waals surface area (Å²) in [6.07, 6.45) is 4.69. The molecule has 1 rings (SSSR count). The van der Waals surface area contributed by atoms with E-state index in [1.54, 1.807) is 13.4 Å². The maximum absolute atomic E-state index is 5.09. The van der Waals surface area contributed by atoms with Crippen LogP contribution in [-0.4, -0.2) is 13.4 Å². The zero-order valence-corrected chi connectivity index (χ0v) is 5.83. The molecule has 0 N–H and O–H groups in total. The Hall–Kier alpha value is -0.500. The minimum absolute atomic E-state index is 0.0231. The Labute approximate surface area is 55.5 Å². The van der Waals surface area contributed by atoms with Gasteiger partial charge in [-0.15, -0.1) is 0 Å². The third-order valence-corrected chi connectivity index (χ3v) is 1.46. The number of allylic oxidation sites excluding steroid dienone is 1. The molecule has 0 saturated carbocycles. The van der Waals surface area contributed by atoms with Crippen molar-refractivity contribution in [3.05, 3.63) is 12.3 Å². The van der Waals surface area contributed by atoms with Gasteiger partial charge in [0.25, 0.3) is 0 Å². The predicted molar refractivity (Wildman–Crippen MR) is 34.8 cm³/mol. The topological polar surface area (TPSA) is 18.5 Å². The summed E-state index contributed by atoms with van der Waals surface area (Å²) in [5, 5.41) is 0. The fourth-order valence-corrected chi connectivity index (χ4v) is 0.857. The maximum atomic E-state index is 5.09. The molecule has 0 aliphatic carbocycles. The van der Waals surface area contributed by atoms with Crippen molar-refractivity contribution >= 4 is 0 Å². The first-order chi connectivity index (χ1) is 4.33. The lowest BCUT2D eigenvalue weighted by atomic mass is 10.1. The molecule has 52 valence electrons. The molecule has 0 aromatic carbocycles. The highest BCUT2D eigenvalue weighted by Crippen LogP contribution is 2.16. The molecular weight excluding hydrogens is 116 g/mol. The second kappa shape index (κ2) is 2.87. The van der Waals surface area contributed by atoms with Gasteiger partial charge in [0.05, 0.1) is 6.26 Å². The molecule has 0 unspecified atom stereocenters. The minimum Gasteiger partial charge on any atom is -0.473 e. The summed E-state index contributed by atoms with van der Waals surface area (Å²) in [5.41, 5.74) is 0. The van der Waals surface area contributed by atoms with Crippen LogP contribution in [0.15, 0.2) is 12.3 Å². The van der Waals surface area contributed by atoms with Crippen LogP contribution in [0.2, 0.25) is 0 Å². The molecule has 2 atom stereocenters. The summed E-state index contributed by atoms with van der Waals surface area (Å²) >= 11 is 0. The van der Waals surface area contributed by atoms with E-state index in [0.29, 0.717) is 5.92 Å². The number of hydrogen-bond donors (Lipinski definition) is 0. The molecule has 0 saturated heterocycles. The molecule has 0 radical (unpaired) electrons. The summed E-state index contributed by atoms with van der Waals surface area (Å²) in [5.74, 6) is 0.587. The first kappa shape index (κ1) is 6.62. The second-order valence-corrected chi connectivity index (χ2v) is 2.34. The summed E-state index contributed by atoms with van der Waals surface area (Å²) in [6, 6.07) is 0. The lowest BCUT2D eigenvalue weighted by molar-refractivity contribution is -0.0993. The standard InChI is InChI=1S/C7H12O2/c1-6-3-4-9-7(5-6)8-2/h3-4,6-7H,5H2,1-2H3/t6-,7-/m1/s1. The summed E-state index contributed by atoms with van der Waals surface area (Å²) < 4.78 is 10.1. The van der Waals surface area contributed by atoms with Gasteiger partial charge >= 0.3 is 0 Å². The van der Waals surface area contributed by atoms with E-state index in [1.807, 2.05) is 6.08 Å². The summed E-state index contributed by atoms with van der Waals surface area (Å²) in [4.78, 5) is 0. The van der Waals surface area contributed by atoms with Crippen molar-refractivity contribution in [2.75, 3.05) is 7.11 Å². The van der Waals surface area contributed by atoms with Crippen LogP contribution >= 0.6 is 0 Å². The molecule has 9 heavy (non-hydrogen) atoms. The average molecular weight is 128 g/mol. The van der Waals surface area contributed by atoms with Gasteiger partial charge in [0.1, 0.15) is 0 Å². The SMILES string of the molecule is CO[C@H]1C[C@H](C)C=CO1. The van der Waals surface area contributed by atoms with E-state index in [0.717, 1.165) is 6.42 Å². The molecule has 0 fully saturated rings. The van der Waals surface area contributed by atoms with Gasteiger partial charge in [0, 0.05) is 13.5 Å². The molecule has 0 aromatic heterocycles. The van der Waals surface area contributed by atoms with Crippen LogP contribution in [0.5, 0.6) is 0 Å². The predicted octanol–water partition coefficient (Wildman–Crippen LogP) is 1.53. The van der Waals surface area contributed by atoms with Crippen molar-refractivity contribution in [2.45, 2.75) is 19.6 Å². The molecule has 2 heteroatoms. The highest BCUT2D eigenvalue weighted by atomic mass is 16.7. The Morgan fingerprint density at radius 2 is 2.44 bits per heavy atom. The van der Waals surface area contributed by atoms with Crippen molar-refractivity contribution in [3.8, 4) is 0 Å². The van der Waals surface area contributed by atoms with Crippen LogP contribution < -0.4 is 0 Å². The second-order valence-electron chi connectivity index (χ2n) is 2.34. The van der Waals surface area contributed by atoms with E-state index in [-0.39, 0.29) is 6.29 Å². The molecule has 1 heterocycles. The third kappa shape index (κ3) is 1.72. The lowest BCUT2D eigenvalue weighted by Crippen LogP contribution is -2.18. The van der Waals surface area contributed by atoms with E-state index < -0.39 is 0 Å². The molecule has 2 nitrogen and oxygen atoms in total. The van der Waals surface area contributed by atoms with Gasteiger partial charge in [-0.1, -0.05) is 6.92 Å². The molecule has 0 amide bonds. The number of hydrogen-bond acceptors (Lipinski definition) is 2. The van der Waals surface area contributed by atoms with E-state index in [2.05, 4.69) is 6.92 Å². The zero-order valence-electron chi connectivity index (χ0n) is 5.83. The molecular formula is C7H12O2. The van der Waals surface area contributed by atoms with Gasteiger partial charge in [0.2, 0.25) is 0 Å². The van der Waals surface area contributed by atoms with E-state index in [9.17, 15) is 0 Å². The van der Waals surface area contributed by atoms with Crippen molar-refractivity contribution in [3.63, 3.8) is 0 Å². The van der Waals surface area contributed by atoms with Gasteiger partial charge in [-0.3, -0.25) is 0 Å². The Kier molecular flexibility index (Phi) is 2.11. The fraction of sp³-hybridized carbons (Fsp3) is 0.714. The number of ether oxygens (including phenoxy) is 2. The van der Waals surface area contributed by atoms with E-state index >= 15 is 0 Å². The zero-order chi connectivity index (χ0) is 6.69. The van der Waals surface area contributed by atoms with Crippen LogP contribution in [0.25, 0.3) is 0 Å². The normalized spacial score (nSPS) is 34.0. The molecule has 1 aliphatic rings. The van der Waals surface area contributed by atoms with Crippen LogP contribution in [0, 0.1) is 5.92 Å². The lowest BCUT2D eigenvalue weighted by Gasteiger charge is -2.21. The van der Waals surface area contributed by atoms with Crippen LogP contribution in [0.4, 0.5) is 0 Å². The monoisotopic (exact) mass is 128 g/mol. The maximum Gasteiger partial charge on any atom is 0.199 e. The number of methoxy groups -OCH3 is 1. The van der Waals surface area contributed by atoms with Gasteiger partial charge in [-0.2, -0.15) is 0 Å². The molecule has 0 bridgehead atoms. The largest absolute Gasteiger partial charge is 0.473 e. The quantitative estimate of drug-likeness (QED) is 0.533. The van der Waals surface area contributed by atoms with Crippen molar-refractivity contribution in [1.29, 1.82) is 0 Å². The Morgan fingerprint density at radius 3 is 2.89 bits per heavy atom.